The number of ether oxygens (including phenoxy) is 1. The van der Waals surface area contributed by atoms with E-state index in [4.69, 9.17) is 10.5 Å². The van der Waals surface area contributed by atoms with E-state index in [2.05, 4.69) is 0 Å². The average Bonchev–Trinajstić information content (AvgIpc) is 2.66. The lowest BCUT2D eigenvalue weighted by molar-refractivity contribution is 0.181. The van der Waals surface area contributed by atoms with Crippen LogP contribution in [-0.2, 0) is 6.42 Å². The molecule has 1 unspecified atom stereocenters. The lowest BCUT2D eigenvalue weighted by Crippen LogP contribution is -2.13. The molecule has 1 aromatic rings. The van der Waals surface area contributed by atoms with Gasteiger partial charge in [-0.25, -0.2) is 4.39 Å². The van der Waals surface area contributed by atoms with Crippen molar-refractivity contribution < 1.29 is 14.2 Å². The molecule has 1 aliphatic heterocycles. The smallest absolute Gasteiger partial charge is 0.136 e. The molecule has 0 saturated heterocycles. The molecule has 1 atom stereocenters. The van der Waals surface area contributed by atoms with E-state index in [0.29, 0.717) is 24.3 Å². The Kier molecular flexibility index (Phi) is 2.39. The van der Waals surface area contributed by atoms with Gasteiger partial charge in [0.15, 0.2) is 0 Å². The number of hydrogen-bond acceptors (Lipinski definition) is 3. The molecule has 3 N–H and O–H groups in total. The Balaban J connectivity index is 2.44. The molecule has 0 fully saturated rings. The molecule has 14 heavy (non-hydrogen) atoms. The second kappa shape index (κ2) is 3.55. The monoisotopic (exact) mass is 197 g/mol. The predicted octanol–water partition coefficient (Wildman–Crippen LogP) is 0.753. The van der Waals surface area contributed by atoms with Crippen LogP contribution in [0.15, 0.2) is 12.1 Å². The van der Waals surface area contributed by atoms with Crippen LogP contribution in [0.25, 0.3) is 0 Å². The van der Waals surface area contributed by atoms with Gasteiger partial charge in [0.25, 0.3) is 0 Å². The van der Waals surface area contributed by atoms with Crippen molar-refractivity contribution in [2.75, 3.05) is 13.2 Å². The van der Waals surface area contributed by atoms with Gasteiger partial charge in [0.05, 0.1) is 12.7 Å². The number of nitrogens with two attached hydrogens (primary N) is 1. The number of halogens is 1. The van der Waals surface area contributed by atoms with Gasteiger partial charge in [-0.2, -0.15) is 0 Å². The second-order valence-electron chi connectivity index (χ2n) is 3.30. The van der Waals surface area contributed by atoms with Crippen molar-refractivity contribution in [1.82, 2.24) is 0 Å². The zero-order chi connectivity index (χ0) is 10.1. The fraction of sp³-hybridized carbons (Fsp3) is 0.400. The van der Waals surface area contributed by atoms with Crippen LogP contribution in [0.4, 0.5) is 4.39 Å². The first kappa shape index (κ1) is 9.43. The van der Waals surface area contributed by atoms with Gasteiger partial charge in [-0.05, 0) is 12.1 Å². The zero-order valence-electron chi connectivity index (χ0n) is 7.66. The van der Waals surface area contributed by atoms with E-state index < -0.39 is 6.10 Å². The topological polar surface area (TPSA) is 55.5 Å². The molecule has 2 rings (SSSR count). The summed E-state index contributed by atoms with van der Waals surface area (Å²) in [7, 11) is 0. The third-order valence-corrected chi connectivity index (χ3v) is 2.42. The molecule has 76 valence electrons. The van der Waals surface area contributed by atoms with Crippen molar-refractivity contribution in [3.63, 3.8) is 0 Å². The Labute approximate surface area is 81.3 Å². The molecule has 0 aliphatic carbocycles. The summed E-state index contributed by atoms with van der Waals surface area (Å²) in [5.41, 5.74) is 6.08. The SMILES string of the molecule is NCC(O)c1ccc2c(c1F)CCO2. The highest BCUT2D eigenvalue weighted by atomic mass is 19.1. The van der Waals surface area contributed by atoms with E-state index >= 15 is 0 Å². The van der Waals surface area contributed by atoms with E-state index in [1.165, 1.54) is 6.07 Å². The number of benzene rings is 1. The van der Waals surface area contributed by atoms with Crippen molar-refractivity contribution in [2.24, 2.45) is 5.73 Å². The van der Waals surface area contributed by atoms with Crippen molar-refractivity contribution in [3.8, 4) is 5.75 Å². The molecule has 1 aliphatic rings. The minimum atomic E-state index is -0.930. The molecule has 1 heterocycles. The van der Waals surface area contributed by atoms with Gasteiger partial charge in [-0.1, -0.05) is 0 Å². The van der Waals surface area contributed by atoms with Crippen molar-refractivity contribution in [1.29, 1.82) is 0 Å². The van der Waals surface area contributed by atoms with Crippen LogP contribution in [0.5, 0.6) is 5.75 Å². The summed E-state index contributed by atoms with van der Waals surface area (Å²) in [5, 5.41) is 9.44. The highest BCUT2D eigenvalue weighted by Crippen LogP contribution is 2.31. The Morgan fingerprint density at radius 1 is 1.57 bits per heavy atom. The second-order valence-corrected chi connectivity index (χ2v) is 3.30. The largest absolute Gasteiger partial charge is 0.493 e. The number of fused-ring (bicyclic) bond motifs is 1. The van der Waals surface area contributed by atoms with Crippen LogP contribution in [0, 0.1) is 5.82 Å². The Hall–Kier alpha value is -1.13. The molecule has 0 amide bonds. The number of rotatable bonds is 2. The molecule has 0 saturated carbocycles. The summed E-state index contributed by atoms with van der Waals surface area (Å²) < 4.78 is 18.9. The molecule has 4 heteroatoms. The van der Waals surface area contributed by atoms with E-state index in [1.54, 1.807) is 6.07 Å². The molecular formula is C10H12FNO2. The van der Waals surface area contributed by atoms with Gasteiger partial charge >= 0.3 is 0 Å². The maximum absolute atomic E-state index is 13.7. The summed E-state index contributed by atoms with van der Waals surface area (Å²) in [6.07, 6.45) is -0.368. The van der Waals surface area contributed by atoms with Gasteiger partial charge in [-0.3, -0.25) is 0 Å². The maximum Gasteiger partial charge on any atom is 0.136 e. The average molecular weight is 197 g/mol. The van der Waals surface area contributed by atoms with Crippen molar-refractivity contribution in [3.05, 3.63) is 29.1 Å². The first-order valence-electron chi connectivity index (χ1n) is 4.56. The fourth-order valence-electron chi connectivity index (χ4n) is 1.64. The van der Waals surface area contributed by atoms with Gasteiger partial charge in [0, 0.05) is 24.1 Å². The molecule has 1 aromatic carbocycles. The molecule has 0 aromatic heterocycles. The summed E-state index contributed by atoms with van der Waals surface area (Å²) >= 11 is 0. The van der Waals surface area contributed by atoms with E-state index in [9.17, 15) is 9.50 Å². The van der Waals surface area contributed by atoms with Gasteiger partial charge in [0.2, 0.25) is 0 Å². The third-order valence-electron chi connectivity index (χ3n) is 2.42. The first-order valence-corrected chi connectivity index (χ1v) is 4.56. The highest BCUT2D eigenvalue weighted by molar-refractivity contribution is 5.42. The highest BCUT2D eigenvalue weighted by Gasteiger charge is 2.21. The first-order chi connectivity index (χ1) is 6.74. The number of hydrogen-bond donors (Lipinski definition) is 2. The Morgan fingerprint density at radius 2 is 2.36 bits per heavy atom. The predicted molar refractivity (Wildman–Crippen MR) is 49.6 cm³/mol. The van der Waals surface area contributed by atoms with Gasteiger partial charge in [-0.15, -0.1) is 0 Å². The van der Waals surface area contributed by atoms with E-state index in [0.717, 1.165) is 0 Å². The summed E-state index contributed by atoms with van der Waals surface area (Å²) in [6, 6.07) is 3.20. The van der Waals surface area contributed by atoms with Crippen LogP contribution in [0.3, 0.4) is 0 Å². The lowest BCUT2D eigenvalue weighted by Gasteiger charge is -2.11. The van der Waals surface area contributed by atoms with Gasteiger partial charge < -0.3 is 15.6 Å². The Morgan fingerprint density at radius 3 is 3.07 bits per heavy atom. The van der Waals surface area contributed by atoms with E-state index in [1.807, 2.05) is 0 Å². The Bertz CT molecular complexity index is 354. The van der Waals surface area contributed by atoms with Crippen LogP contribution in [0.2, 0.25) is 0 Å². The van der Waals surface area contributed by atoms with Crippen LogP contribution in [-0.4, -0.2) is 18.3 Å². The quantitative estimate of drug-likeness (QED) is 0.735. The fourth-order valence-corrected chi connectivity index (χ4v) is 1.64. The van der Waals surface area contributed by atoms with Gasteiger partial charge in [0.1, 0.15) is 11.6 Å². The number of aliphatic hydroxyl groups excluding tert-OH is 1. The summed E-state index contributed by atoms with van der Waals surface area (Å²) in [6.45, 7) is 0.533. The van der Waals surface area contributed by atoms with Crippen LogP contribution < -0.4 is 10.5 Å². The third kappa shape index (κ3) is 1.36. The molecule has 0 spiro atoms. The maximum atomic E-state index is 13.7. The van der Waals surface area contributed by atoms with Crippen LogP contribution >= 0.6 is 0 Å². The van der Waals surface area contributed by atoms with Crippen molar-refractivity contribution in [2.45, 2.75) is 12.5 Å². The molecule has 0 bridgehead atoms. The van der Waals surface area contributed by atoms with Crippen molar-refractivity contribution >= 4 is 0 Å². The lowest BCUT2D eigenvalue weighted by atomic mass is 10.0. The molecule has 0 radical (unpaired) electrons. The normalized spacial score (nSPS) is 16.2. The number of aliphatic hydroxyl groups is 1. The minimum absolute atomic E-state index is 0.0244. The summed E-state index contributed by atoms with van der Waals surface area (Å²) in [4.78, 5) is 0. The molecule has 3 nitrogen and oxygen atoms in total. The zero-order valence-corrected chi connectivity index (χ0v) is 7.66. The van der Waals surface area contributed by atoms with E-state index in [-0.39, 0.29) is 17.9 Å². The minimum Gasteiger partial charge on any atom is -0.493 e. The summed E-state index contributed by atoms with van der Waals surface area (Å²) in [5.74, 6) is 0.202. The standard InChI is InChI=1S/C10H12FNO2/c11-10-6(8(13)5-12)1-2-9-7(10)3-4-14-9/h1-2,8,13H,3-5,12H2. The molecular weight excluding hydrogens is 185 g/mol. The van der Waals surface area contributed by atoms with Crippen LogP contribution in [0.1, 0.15) is 17.2 Å².